The third-order valence-corrected chi connectivity index (χ3v) is 17.5. The summed E-state index contributed by atoms with van der Waals surface area (Å²) >= 11 is 0. The van der Waals surface area contributed by atoms with E-state index in [1.165, 1.54) is 131 Å². The molecule has 0 amide bonds. The van der Waals surface area contributed by atoms with Crippen LogP contribution in [0.3, 0.4) is 0 Å². The minimum absolute atomic E-state index is 0.940. The van der Waals surface area contributed by atoms with E-state index in [9.17, 15) is 0 Å². The minimum Gasteiger partial charge on any atom is -0.309 e. The van der Waals surface area contributed by atoms with E-state index in [1.54, 1.807) is 0 Å². The summed E-state index contributed by atoms with van der Waals surface area (Å²) in [6.45, 7) is 0. The van der Waals surface area contributed by atoms with Gasteiger partial charge in [-0.2, -0.15) is 0 Å². The first-order valence-electron chi connectivity index (χ1n) is 28.0. The smallest absolute Gasteiger partial charge is 0.0535 e. The van der Waals surface area contributed by atoms with Crippen molar-refractivity contribution in [2.75, 3.05) is 0 Å². The third kappa shape index (κ3) is 6.85. The molecule has 80 heavy (non-hydrogen) atoms. The quantitative estimate of drug-likeness (QED) is 0.106. The van der Waals surface area contributed by atoms with Crippen LogP contribution in [0.2, 0.25) is 0 Å². The molecular weight excluding hydrogens is 965 g/mol. The number of hydrogen-bond donors (Lipinski definition) is 0. The lowest BCUT2D eigenvalue weighted by molar-refractivity contribution is 1.10. The molecule has 372 valence electrons. The Morgan fingerprint density at radius 3 is 1.26 bits per heavy atom. The number of allylic oxidation sites excluding steroid dienone is 3. The summed E-state index contributed by atoms with van der Waals surface area (Å²) in [6, 6.07) is 97.9. The molecule has 0 radical (unpaired) electrons. The van der Waals surface area contributed by atoms with Crippen molar-refractivity contribution in [1.29, 1.82) is 0 Å². The first-order chi connectivity index (χ1) is 39.7. The van der Waals surface area contributed by atoms with Crippen LogP contribution in [-0.2, 0) is 6.42 Å². The molecule has 0 atom stereocenters. The van der Waals surface area contributed by atoms with E-state index in [-0.39, 0.29) is 0 Å². The Kier molecular flexibility index (Phi) is 9.87. The van der Waals surface area contributed by atoms with Gasteiger partial charge in [-0.3, -0.25) is 0 Å². The molecule has 2 nitrogen and oxygen atoms in total. The Morgan fingerprint density at radius 1 is 0.287 bits per heavy atom. The second kappa shape index (κ2) is 17.6. The van der Waals surface area contributed by atoms with Crippen LogP contribution < -0.4 is 0 Å². The van der Waals surface area contributed by atoms with Gasteiger partial charge in [0, 0.05) is 11.4 Å². The van der Waals surface area contributed by atoms with E-state index >= 15 is 0 Å². The number of benzene rings is 13. The van der Waals surface area contributed by atoms with E-state index in [0.717, 1.165) is 47.0 Å². The molecule has 0 spiro atoms. The van der Waals surface area contributed by atoms with Crippen LogP contribution in [0, 0.1) is 0 Å². The molecule has 0 N–H and O–H groups in total. The summed E-state index contributed by atoms with van der Waals surface area (Å²) in [5.41, 5.74) is 21.9. The summed E-state index contributed by atoms with van der Waals surface area (Å²) < 4.78 is 4.99. The number of fused-ring (bicyclic) bond motifs is 2. The average Bonchev–Trinajstić information content (AvgIpc) is 4.23. The Bertz CT molecular complexity index is 4940. The standard InChI is InChI=1S/C78H50N2/c1-5-15-49(16-6-1)71-39-40-72(50-17-7-2-8-18-50)79(71)61-43-59-45-68-60(46-67(59)69(47-61)63-35-31-57-29-27-53-23-13-25-55-33-37-65(63)77(57)75(53)55)44-62(80-73(51-19-9-3-10-20-51)41-42-74(80)52-21-11-4-12-22-52)48-70(68)64-36-32-58-30-28-54-24-14-26-56-34-38-66(64)78(58)76(54)56/h1-23,25-29,31-48H,24,30H2. The molecule has 13 aromatic carbocycles. The lowest BCUT2D eigenvalue weighted by atomic mass is 9.79. The van der Waals surface area contributed by atoms with Crippen molar-refractivity contribution in [3.05, 3.63) is 290 Å². The highest BCUT2D eigenvalue weighted by atomic mass is 15.0. The summed E-state index contributed by atoms with van der Waals surface area (Å²) in [6.07, 6.45) is 9.02. The summed E-state index contributed by atoms with van der Waals surface area (Å²) in [7, 11) is 0. The fourth-order valence-electron chi connectivity index (χ4n) is 13.9. The van der Waals surface area contributed by atoms with Crippen LogP contribution in [0.5, 0.6) is 0 Å². The van der Waals surface area contributed by atoms with Crippen LogP contribution in [0.1, 0.15) is 23.1 Å². The lowest BCUT2D eigenvalue weighted by Gasteiger charge is -2.25. The molecule has 2 heteroatoms. The van der Waals surface area contributed by atoms with Gasteiger partial charge < -0.3 is 9.13 Å². The summed E-state index contributed by atoms with van der Waals surface area (Å²) in [4.78, 5) is 0. The molecule has 0 saturated heterocycles. The molecule has 0 aliphatic heterocycles. The van der Waals surface area contributed by atoms with Gasteiger partial charge in [-0.25, -0.2) is 0 Å². The SMILES string of the molecule is C1=Cc2ccc3c(-c4cc(-n5c(-c6ccccc6)ccc5-c5ccccc5)cc5cc6c(-c7ccc8ccc9cccc%10ccc7c8c9%10)cc(-n7c(-c8ccccc8)ccc7-c7ccccc7)cc6cc45)ccc4c3c2C(=CC4)C1. The van der Waals surface area contributed by atoms with E-state index in [1.807, 2.05) is 0 Å². The molecule has 2 aliphatic carbocycles. The average molecular weight is 1020 g/mol. The van der Waals surface area contributed by atoms with Crippen molar-refractivity contribution in [1.82, 2.24) is 9.13 Å². The normalized spacial score (nSPS) is 12.9. The van der Waals surface area contributed by atoms with Crippen molar-refractivity contribution in [2.24, 2.45) is 0 Å². The number of aromatic nitrogens is 2. The van der Waals surface area contributed by atoms with E-state index in [2.05, 4.69) is 288 Å². The van der Waals surface area contributed by atoms with Crippen LogP contribution in [-0.4, -0.2) is 9.13 Å². The van der Waals surface area contributed by atoms with Gasteiger partial charge in [0.15, 0.2) is 0 Å². The van der Waals surface area contributed by atoms with E-state index < -0.39 is 0 Å². The maximum atomic E-state index is 2.52. The van der Waals surface area contributed by atoms with E-state index in [4.69, 9.17) is 0 Å². The predicted molar refractivity (Wildman–Crippen MR) is 339 cm³/mol. The van der Waals surface area contributed by atoms with Gasteiger partial charge in [0.25, 0.3) is 0 Å². The molecule has 2 aromatic heterocycles. The molecule has 2 aliphatic rings. The Balaban J connectivity index is 1.02. The minimum atomic E-state index is 0.940. The second-order valence-corrected chi connectivity index (χ2v) is 21.9. The van der Waals surface area contributed by atoms with Crippen molar-refractivity contribution >= 4 is 76.3 Å². The highest BCUT2D eigenvalue weighted by molar-refractivity contribution is 6.27. The lowest BCUT2D eigenvalue weighted by Crippen LogP contribution is -2.04. The highest BCUT2D eigenvalue weighted by Crippen LogP contribution is 2.49. The van der Waals surface area contributed by atoms with Crippen molar-refractivity contribution in [3.63, 3.8) is 0 Å². The van der Waals surface area contributed by atoms with Crippen LogP contribution in [0.4, 0.5) is 0 Å². The van der Waals surface area contributed by atoms with Gasteiger partial charge in [0.05, 0.1) is 22.8 Å². The summed E-state index contributed by atoms with van der Waals surface area (Å²) in [5, 5.41) is 15.2. The Hall–Kier alpha value is -10.3. The molecule has 0 fully saturated rings. The molecule has 0 bridgehead atoms. The van der Waals surface area contributed by atoms with Crippen LogP contribution in [0.25, 0.3) is 155 Å². The molecule has 15 aromatic rings. The van der Waals surface area contributed by atoms with Crippen LogP contribution >= 0.6 is 0 Å². The topological polar surface area (TPSA) is 9.86 Å². The Morgan fingerprint density at radius 2 is 0.738 bits per heavy atom. The number of rotatable bonds is 8. The Labute approximate surface area is 464 Å². The zero-order valence-corrected chi connectivity index (χ0v) is 43.9. The van der Waals surface area contributed by atoms with Crippen molar-refractivity contribution in [3.8, 4) is 78.7 Å². The fourth-order valence-corrected chi connectivity index (χ4v) is 13.9. The predicted octanol–water partition coefficient (Wildman–Crippen LogP) is 21.0. The van der Waals surface area contributed by atoms with Gasteiger partial charge in [-0.1, -0.05) is 218 Å². The third-order valence-electron chi connectivity index (χ3n) is 17.5. The van der Waals surface area contributed by atoms with Gasteiger partial charge in [0.1, 0.15) is 0 Å². The molecule has 0 unspecified atom stereocenters. The van der Waals surface area contributed by atoms with Gasteiger partial charge in [-0.15, -0.1) is 0 Å². The van der Waals surface area contributed by atoms with Crippen molar-refractivity contribution in [2.45, 2.75) is 12.8 Å². The van der Waals surface area contributed by atoms with E-state index in [0.29, 0.717) is 0 Å². The first-order valence-corrected chi connectivity index (χ1v) is 28.0. The largest absolute Gasteiger partial charge is 0.309 e. The van der Waals surface area contributed by atoms with Gasteiger partial charge in [-0.05, 0) is 205 Å². The molecule has 2 heterocycles. The zero-order chi connectivity index (χ0) is 52.4. The van der Waals surface area contributed by atoms with Crippen LogP contribution in [0.15, 0.2) is 273 Å². The molecule has 17 rings (SSSR count). The summed E-state index contributed by atoms with van der Waals surface area (Å²) in [5.74, 6) is 0. The highest BCUT2D eigenvalue weighted by Gasteiger charge is 2.25. The fraction of sp³-hybridized carbons (Fsp3) is 0.0256. The number of nitrogens with zero attached hydrogens (tertiary/aromatic N) is 2. The van der Waals surface area contributed by atoms with Gasteiger partial charge >= 0.3 is 0 Å². The van der Waals surface area contributed by atoms with Crippen molar-refractivity contribution < 1.29 is 0 Å². The monoisotopic (exact) mass is 1010 g/mol. The first kappa shape index (κ1) is 44.8. The maximum Gasteiger partial charge on any atom is 0.0535 e. The molecule has 0 saturated carbocycles. The van der Waals surface area contributed by atoms with Gasteiger partial charge in [0.2, 0.25) is 0 Å². The maximum absolute atomic E-state index is 2.52. The second-order valence-electron chi connectivity index (χ2n) is 21.9. The molecular formula is C78H50N2. The zero-order valence-electron chi connectivity index (χ0n) is 43.9. The number of hydrogen-bond acceptors (Lipinski definition) is 0.